The van der Waals surface area contributed by atoms with E-state index in [0.717, 1.165) is 29.1 Å². The molecule has 2 aromatic rings. The number of nitrogens with one attached hydrogen (secondary N) is 3. The van der Waals surface area contributed by atoms with Gasteiger partial charge in [-0.2, -0.15) is 5.10 Å². The number of para-hydroxylation sites is 2. The lowest BCUT2D eigenvalue weighted by atomic mass is 9.32. The Morgan fingerprint density at radius 2 is 1.43 bits per heavy atom. The number of nitrogens with zero attached hydrogens (tertiary/aromatic N) is 1. The molecular formula is C42H60N4. The molecule has 5 aliphatic carbocycles. The van der Waals surface area contributed by atoms with Crippen LogP contribution in [0.25, 0.3) is 0 Å². The molecular weight excluding hydrogens is 560 g/mol. The predicted molar refractivity (Wildman–Crippen MR) is 195 cm³/mol. The number of hydrazine groups is 1. The summed E-state index contributed by atoms with van der Waals surface area (Å²) in [6.45, 7) is 20.3. The Bertz CT molecular complexity index is 1430. The summed E-state index contributed by atoms with van der Waals surface area (Å²) in [5.41, 5.74) is 15.9. The minimum Gasteiger partial charge on any atom is -0.321 e. The topological polar surface area (TPSA) is 48.5 Å². The molecule has 0 aromatic heterocycles. The Hall–Kier alpha value is -2.59. The Labute approximate surface area is 279 Å². The summed E-state index contributed by atoms with van der Waals surface area (Å²) >= 11 is 0. The molecule has 0 amide bonds. The van der Waals surface area contributed by atoms with Crippen LogP contribution in [0.5, 0.6) is 0 Å². The maximum atomic E-state index is 4.96. The lowest BCUT2D eigenvalue weighted by Crippen LogP contribution is -2.67. The van der Waals surface area contributed by atoms with E-state index in [2.05, 4.69) is 131 Å². The summed E-state index contributed by atoms with van der Waals surface area (Å²) in [6.07, 6.45) is 15.5. The number of fused-ring (bicyclic) bond motifs is 7. The normalized spacial score (nSPS) is 42.7. The van der Waals surface area contributed by atoms with Gasteiger partial charge in [0.2, 0.25) is 0 Å². The Morgan fingerprint density at radius 3 is 2.13 bits per heavy atom. The van der Waals surface area contributed by atoms with Gasteiger partial charge in [-0.15, -0.1) is 0 Å². The SMILES string of the molecule is C=C(C)C1CCC2(/C=N\Nc3ccccc3)CC[C@]3(C)[C@H](CC[C@@H]4[C@@]5(C)CCC(NNc6ccccc6)C(C)(C)[C@@H]5CC[C@]43C)C12. The van der Waals surface area contributed by atoms with Crippen LogP contribution in [0.4, 0.5) is 11.4 Å². The standard InChI is InChI=1S/C42H60N4/c1-29(2)32-20-25-42(28-43-44-30-14-10-8-11-15-30)27-26-40(6)33(37(32)42)18-19-35-39(5)23-22-36(46-45-31-16-12-9-13-17-31)38(3,4)34(39)21-24-41(35,40)7/h8-17,28,32-37,44-46H,1,18-27H2,2-7H3/b43-28-/t32?,33-,34+,35-,36?,37?,39+,40-,41-,42?/m1/s1. The molecule has 0 heterocycles. The monoisotopic (exact) mass is 620 g/mol. The molecule has 2 aromatic carbocycles. The molecule has 3 N–H and O–H groups in total. The molecule has 7 rings (SSSR count). The van der Waals surface area contributed by atoms with Gasteiger partial charge in [0, 0.05) is 23.4 Å². The largest absolute Gasteiger partial charge is 0.321 e. The fourth-order valence-electron chi connectivity index (χ4n) is 13.1. The first-order chi connectivity index (χ1) is 21.9. The Morgan fingerprint density at radius 1 is 0.739 bits per heavy atom. The van der Waals surface area contributed by atoms with Crippen LogP contribution in [0, 0.1) is 56.7 Å². The van der Waals surface area contributed by atoms with Gasteiger partial charge >= 0.3 is 0 Å². The lowest BCUT2D eigenvalue weighted by molar-refractivity contribution is -0.234. The third-order valence-corrected chi connectivity index (χ3v) is 15.6. The fourth-order valence-corrected chi connectivity index (χ4v) is 13.1. The molecule has 0 radical (unpaired) electrons. The number of hydrazone groups is 1. The van der Waals surface area contributed by atoms with Gasteiger partial charge in [0.05, 0.1) is 5.69 Å². The molecule has 0 aliphatic heterocycles. The summed E-state index contributed by atoms with van der Waals surface area (Å²) in [5.74, 6) is 3.51. The molecule has 10 atom stereocenters. The van der Waals surface area contributed by atoms with E-state index in [1.165, 1.54) is 69.8 Å². The number of allylic oxidation sites excluding steroid dienone is 1. The summed E-state index contributed by atoms with van der Waals surface area (Å²) in [6, 6.07) is 21.5. The zero-order valence-corrected chi connectivity index (χ0v) is 29.5. The molecule has 248 valence electrons. The van der Waals surface area contributed by atoms with Crippen LogP contribution in [-0.2, 0) is 0 Å². The van der Waals surface area contributed by atoms with E-state index < -0.39 is 0 Å². The molecule has 5 fully saturated rings. The van der Waals surface area contributed by atoms with Crippen molar-refractivity contribution in [2.45, 2.75) is 112 Å². The summed E-state index contributed by atoms with van der Waals surface area (Å²) in [4.78, 5) is 0. The van der Waals surface area contributed by atoms with Gasteiger partial charge in [-0.25, -0.2) is 5.43 Å². The average molecular weight is 621 g/mol. The number of hydrogen-bond donors (Lipinski definition) is 3. The maximum Gasteiger partial charge on any atom is 0.0561 e. The number of benzene rings is 2. The average Bonchev–Trinajstić information content (AvgIpc) is 3.42. The number of hydrogen-bond acceptors (Lipinski definition) is 4. The zero-order chi connectivity index (χ0) is 32.4. The highest BCUT2D eigenvalue weighted by molar-refractivity contribution is 5.69. The summed E-state index contributed by atoms with van der Waals surface area (Å²) in [7, 11) is 0. The van der Waals surface area contributed by atoms with Crippen LogP contribution >= 0.6 is 0 Å². The van der Waals surface area contributed by atoms with Gasteiger partial charge in [-0.05, 0) is 147 Å². The van der Waals surface area contributed by atoms with E-state index >= 15 is 0 Å². The van der Waals surface area contributed by atoms with Crippen molar-refractivity contribution >= 4 is 17.6 Å². The van der Waals surface area contributed by atoms with E-state index in [-0.39, 0.29) is 10.8 Å². The van der Waals surface area contributed by atoms with Crippen molar-refractivity contribution in [1.82, 2.24) is 5.43 Å². The van der Waals surface area contributed by atoms with Crippen molar-refractivity contribution in [3.05, 3.63) is 72.8 Å². The van der Waals surface area contributed by atoms with Crippen molar-refractivity contribution in [1.29, 1.82) is 0 Å². The van der Waals surface area contributed by atoms with Gasteiger partial charge in [-0.1, -0.05) is 83.2 Å². The van der Waals surface area contributed by atoms with Gasteiger partial charge in [0.1, 0.15) is 0 Å². The van der Waals surface area contributed by atoms with Crippen LogP contribution < -0.4 is 16.3 Å². The second-order valence-electron chi connectivity index (χ2n) is 17.7. The van der Waals surface area contributed by atoms with Crippen molar-refractivity contribution < 1.29 is 0 Å². The first kappa shape index (κ1) is 32.0. The minimum absolute atomic E-state index is 0.178. The number of anilines is 2. The Kier molecular flexibility index (Phi) is 8.02. The number of rotatable bonds is 7. The highest BCUT2D eigenvalue weighted by atomic mass is 15.4. The van der Waals surface area contributed by atoms with Gasteiger partial charge in [-0.3, -0.25) is 5.43 Å². The van der Waals surface area contributed by atoms with Crippen LogP contribution in [0.1, 0.15) is 106 Å². The van der Waals surface area contributed by atoms with Gasteiger partial charge in [0.15, 0.2) is 0 Å². The molecule has 4 nitrogen and oxygen atoms in total. The van der Waals surface area contributed by atoms with Crippen LogP contribution in [0.2, 0.25) is 0 Å². The zero-order valence-electron chi connectivity index (χ0n) is 29.5. The summed E-state index contributed by atoms with van der Waals surface area (Å²) in [5, 5.41) is 4.96. The highest BCUT2D eigenvalue weighted by Gasteiger charge is 2.70. The lowest BCUT2D eigenvalue weighted by Gasteiger charge is -2.73. The minimum atomic E-state index is 0.178. The first-order valence-corrected chi connectivity index (χ1v) is 18.5. The van der Waals surface area contributed by atoms with Crippen LogP contribution in [0.15, 0.2) is 77.9 Å². The third-order valence-electron chi connectivity index (χ3n) is 15.6. The van der Waals surface area contributed by atoms with E-state index in [1.54, 1.807) is 0 Å². The van der Waals surface area contributed by atoms with Crippen molar-refractivity contribution in [2.75, 3.05) is 10.9 Å². The Balaban J connectivity index is 1.15. The smallest absolute Gasteiger partial charge is 0.0561 e. The molecule has 5 aliphatic rings. The summed E-state index contributed by atoms with van der Waals surface area (Å²) < 4.78 is 0. The van der Waals surface area contributed by atoms with Crippen LogP contribution in [-0.4, -0.2) is 12.3 Å². The molecule has 0 bridgehead atoms. The molecule has 5 saturated carbocycles. The fraction of sp³-hybridized carbons (Fsp3) is 0.643. The van der Waals surface area contributed by atoms with Crippen molar-refractivity contribution in [3.63, 3.8) is 0 Å². The molecule has 0 saturated heterocycles. The van der Waals surface area contributed by atoms with E-state index in [4.69, 9.17) is 5.10 Å². The molecule has 46 heavy (non-hydrogen) atoms. The second kappa shape index (κ2) is 11.5. The van der Waals surface area contributed by atoms with Crippen molar-refractivity contribution in [2.24, 2.45) is 61.8 Å². The van der Waals surface area contributed by atoms with Gasteiger partial charge < -0.3 is 5.43 Å². The van der Waals surface area contributed by atoms with E-state index in [1.807, 2.05) is 0 Å². The van der Waals surface area contributed by atoms with E-state index in [0.29, 0.717) is 34.1 Å². The highest BCUT2D eigenvalue weighted by Crippen LogP contribution is 2.77. The molecule has 4 unspecified atom stereocenters. The molecule has 0 spiro atoms. The first-order valence-electron chi connectivity index (χ1n) is 18.5. The van der Waals surface area contributed by atoms with Crippen molar-refractivity contribution in [3.8, 4) is 0 Å². The van der Waals surface area contributed by atoms with Crippen LogP contribution in [0.3, 0.4) is 0 Å². The predicted octanol–water partition coefficient (Wildman–Crippen LogP) is 10.7. The third kappa shape index (κ3) is 4.82. The quantitative estimate of drug-likeness (QED) is 0.164. The maximum absolute atomic E-state index is 4.96. The van der Waals surface area contributed by atoms with E-state index in [9.17, 15) is 0 Å². The van der Waals surface area contributed by atoms with Gasteiger partial charge in [0.25, 0.3) is 0 Å². The second-order valence-corrected chi connectivity index (χ2v) is 17.7. The molecule has 4 heteroatoms.